The van der Waals surface area contributed by atoms with Crippen LogP contribution in [0, 0.1) is 0 Å². The fourth-order valence-corrected chi connectivity index (χ4v) is 4.24. The number of pyridine rings is 1. The first-order valence-corrected chi connectivity index (χ1v) is 11.1. The van der Waals surface area contributed by atoms with Gasteiger partial charge in [-0.05, 0) is 66.8 Å². The summed E-state index contributed by atoms with van der Waals surface area (Å²) in [5, 5.41) is 2.86. The van der Waals surface area contributed by atoms with Gasteiger partial charge in [0, 0.05) is 18.1 Å². The van der Waals surface area contributed by atoms with E-state index in [0.29, 0.717) is 34.3 Å². The zero-order valence-electron chi connectivity index (χ0n) is 17.8. The number of carbonyl (C=O) groups excluding carboxylic acids is 1. The van der Waals surface area contributed by atoms with Crippen molar-refractivity contribution in [2.45, 2.75) is 38.0 Å². The van der Waals surface area contributed by atoms with Gasteiger partial charge in [0.1, 0.15) is 11.3 Å². The first kappa shape index (κ1) is 20.2. The maximum atomic E-state index is 12.4. The van der Waals surface area contributed by atoms with Crippen LogP contribution in [0.1, 0.15) is 43.6 Å². The van der Waals surface area contributed by atoms with Crippen molar-refractivity contribution in [2.24, 2.45) is 0 Å². The van der Waals surface area contributed by atoms with Crippen molar-refractivity contribution < 1.29 is 13.9 Å². The summed E-state index contributed by atoms with van der Waals surface area (Å²) in [6, 6.07) is 17.3. The van der Waals surface area contributed by atoms with Crippen molar-refractivity contribution >= 4 is 22.7 Å². The van der Waals surface area contributed by atoms with Crippen LogP contribution >= 0.6 is 0 Å². The summed E-state index contributed by atoms with van der Waals surface area (Å²) < 4.78 is 11.5. The monoisotopic (exact) mass is 427 g/mol. The Hall–Kier alpha value is -3.67. The molecule has 0 radical (unpaired) electrons. The Morgan fingerprint density at radius 1 is 1.06 bits per heavy atom. The van der Waals surface area contributed by atoms with E-state index in [1.54, 1.807) is 30.6 Å². The minimum absolute atomic E-state index is 0.0550. The molecule has 0 atom stereocenters. The molecule has 1 N–H and O–H groups in total. The maximum absolute atomic E-state index is 12.4. The maximum Gasteiger partial charge on any atom is 0.262 e. The summed E-state index contributed by atoms with van der Waals surface area (Å²) in [5.41, 5.74) is 4.13. The number of nitrogens with one attached hydrogen (secondary N) is 1. The molecule has 32 heavy (non-hydrogen) atoms. The molecule has 5 rings (SSSR count). The van der Waals surface area contributed by atoms with Crippen molar-refractivity contribution in [2.75, 3.05) is 11.9 Å². The fraction of sp³-hybridized carbons (Fsp3) is 0.269. The minimum Gasteiger partial charge on any atom is -0.484 e. The van der Waals surface area contributed by atoms with E-state index in [2.05, 4.69) is 27.4 Å². The van der Waals surface area contributed by atoms with Gasteiger partial charge in [-0.15, -0.1) is 0 Å². The molecule has 0 spiro atoms. The van der Waals surface area contributed by atoms with Crippen LogP contribution in [0.5, 0.6) is 5.75 Å². The first-order chi connectivity index (χ1) is 15.7. The summed E-state index contributed by atoms with van der Waals surface area (Å²) in [6.45, 7) is -0.0550. The first-order valence-electron chi connectivity index (χ1n) is 11.1. The van der Waals surface area contributed by atoms with Gasteiger partial charge in [-0.25, -0.2) is 4.98 Å². The van der Waals surface area contributed by atoms with Crippen molar-refractivity contribution in [3.05, 3.63) is 72.6 Å². The van der Waals surface area contributed by atoms with Crippen molar-refractivity contribution in [3.63, 3.8) is 0 Å². The van der Waals surface area contributed by atoms with Crippen molar-refractivity contribution in [1.29, 1.82) is 0 Å². The topological polar surface area (TPSA) is 77.2 Å². The summed E-state index contributed by atoms with van der Waals surface area (Å²) in [7, 11) is 0. The van der Waals surface area contributed by atoms with Crippen LogP contribution in [0.25, 0.3) is 22.6 Å². The highest BCUT2D eigenvalue weighted by Gasteiger charge is 2.15. The molecule has 1 saturated carbocycles. The Bertz CT molecular complexity index is 1200. The zero-order valence-corrected chi connectivity index (χ0v) is 17.8. The minimum atomic E-state index is -0.225. The van der Waals surface area contributed by atoms with Gasteiger partial charge in [-0.2, -0.15) is 0 Å². The molecule has 1 aliphatic rings. The van der Waals surface area contributed by atoms with Crippen LogP contribution in [0.15, 0.2) is 71.4 Å². The highest BCUT2D eigenvalue weighted by molar-refractivity contribution is 5.94. The van der Waals surface area contributed by atoms with E-state index in [-0.39, 0.29) is 12.5 Å². The van der Waals surface area contributed by atoms with Crippen LogP contribution in [-0.4, -0.2) is 22.5 Å². The third kappa shape index (κ3) is 4.64. The SMILES string of the molecule is O=C(COc1ccc(C2CCCCC2)cc1)Nc1ccc2oc(-c3cccnc3)nc2c1. The van der Waals surface area contributed by atoms with E-state index in [4.69, 9.17) is 9.15 Å². The van der Waals surface area contributed by atoms with E-state index in [9.17, 15) is 4.79 Å². The molecule has 6 heteroatoms. The van der Waals surface area contributed by atoms with E-state index >= 15 is 0 Å². The second-order valence-corrected chi connectivity index (χ2v) is 8.18. The van der Waals surface area contributed by atoms with Crippen LogP contribution in [-0.2, 0) is 4.79 Å². The Labute approximate surface area is 186 Å². The lowest BCUT2D eigenvalue weighted by molar-refractivity contribution is -0.118. The summed E-state index contributed by atoms with van der Waals surface area (Å²) in [5.74, 6) is 1.63. The number of rotatable bonds is 6. The average Bonchev–Trinajstić information content (AvgIpc) is 3.28. The average molecular weight is 428 g/mol. The van der Waals surface area contributed by atoms with Gasteiger partial charge in [-0.3, -0.25) is 9.78 Å². The van der Waals surface area contributed by atoms with Gasteiger partial charge in [0.2, 0.25) is 5.89 Å². The molecule has 1 fully saturated rings. The highest BCUT2D eigenvalue weighted by atomic mass is 16.5. The standard InChI is InChI=1S/C26H25N3O3/c30-25(17-31-22-11-8-19(9-12-22)18-5-2-1-3-6-18)28-21-10-13-24-23(15-21)29-26(32-24)20-7-4-14-27-16-20/h4,7-16,18H,1-3,5-6,17H2,(H,28,30). The van der Waals surface area contributed by atoms with Crippen LogP contribution in [0.4, 0.5) is 5.69 Å². The molecule has 2 aromatic carbocycles. The van der Waals surface area contributed by atoms with Crippen molar-refractivity contribution in [3.8, 4) is 17.2 Å². The highest BCUT2D eigenvalue weighted by Crippen LogP contribution is 2.33. The summed E-state index contributed by atoms with van der Waals surface area (Å²) in [6.07, 6.45) is 9.91. The Kier molecular flexibility index (Phi) is 5.83. The molecule has 0 aliphatic heterocycles. The van der Waals surface area contributed by atoms with Gasteiger partial charge < -0.3 is 14.5 Å². The number of benzene rings is 2. The number of nitrogens with zero attached hydrogens (tertiary/aromatic N) is 2. The van der Waals surface area contributed by atoms with E-state index in [1.165, 1.54) is 37.7 Å². The largest absolute Gasteiger partial charge is 0.484 e. The van der Waals surface area contributed by atoms with E-state index < -0.39 is 0 Å². The van der Waals surface area contributed by atoms with Gasteiger partial charge in [0.25, 0.3) is 5.91 Å². The van der Waals surface area contributed by atoms with E-state index in [1.807, 2.05) is 24.3 Å². The number of ether oxygens (including phenoxy) is 1. The molecule has 0 saturated heterocycles. The zero-order chi connectivity index (χ0) is 21.8. The Balaban J connectivity index is 1.18. The number of anilines is 1. The normalized spacial score (nSPS) is 14.4. The molecule has 162 valence electrons. The molecule has 4 aromatic rings. The number of carbonyl (C=O) groups is 1. The number of fused-ring (bicyclic) bond motifs is 1. The Morgan fingerprint density at radius 3 is 2.69 bits per heavy atom. The van der Waals surface area contributed by atoms with Gasteiger partial charge >= 0.3 is 0 Å². The number of amides is 1. The molecular formula is C26H25N3O3. The summed E-state index contributed by atoms with van der Waals surface area (Å²) >= 11 is 0. The van der Waals surface area contributed by atoms with Crippen LogP contribution in [0.3, 0.4) is 0 Å². The predicted octanol–water partition coefficient (Wildman–Crippen LogP) is 5.96. The van der Waals surface area contributed by atoms with Gasteiger partial charge in [-0.1, -0.05) is 31.4 Å². The van der Waals surface area contributed by atoms with Crippen LogP contribution < -0.4 is 10.1 Å². The number of aromatic nitrogens is 2. The molecular weight excluding hydrogens is 402 g/mol. The van der Waals surface area contributed by atoms with Crippen LogP contribution in [0.2, 0.25) is 0 Å². The lowest BCUT2D eigenvalue weighted by Gasteiger charge is -2.22. The molecule has 0 unspecified atom stereocenters. The number of oxazole rings is 1. The molecule has 1 amide bonds. The molecule has 2 aromatic heterocycles. The second kappa shape index (κ2) is 9.22. The predicted molar refractivity (Wildman–Crippen MR) is 124 cm³/mol. The third-order valence-electron chi connectivity index (χ3n) is 5.91. The smallest absolute Gasteiger partial charge is 0.262 e. The summed E-state index contributed by atoms with van der Waals surface area (Å²) in [4.78, 5) is 21.0. The lowest BCUT2D eigenvalue weighted by atomic mass is 9.84. The molecule has 1 aliphatic carbocycles. The molecule has 2 heterocycles. The van der Waals surface area contributed by atoms with Crippen molar-refractivity contribution in [1.82, 2.24) is 9.97 Å². The number of hydrogen-bond acceptors (Lipinski definition) is 5. The van der Waals surface area contributed by atoms with Gasteiger partial charge in [0.15, 0.2) is 12.2 Å². The number of hydrogen-bond donors (Lipinski definition) is 1. The fourth-order valence-electron chi connectivity index (χ4n) is 4.24. The Morgan fingerprint density at radius 2 is 1.91 bits per heavy atom. The quantitative estimate of drug-likeness (QED) is 0.411. The molecule has 0 bridgehead atoms. The second-order valence-electron chi connectivity index (χ2n) is 8.18. The lowest BCUT2D eigenvalue weighted by Crippen LogP contribution is -2.20. The van der Waals surface area contributed by atoms with E-state index in [0.717, 1.165) is 5.56 Å². The van der Waals surface area contributed by atoms with Gasteiger partial charge in [0.05, 0.1) is 5.56 Å². The molecule has 6 nitrogen and oxygen atoms in total. The third-order valence-corrected chi connectivity index (χ3v) is 5.91.